The van der Waals surface area contributed by atoms with Crippen LogP contribution in [0.3, 0.4) is 0 Å². The van der Waals surface area contributed by atoms with Gasteiger partial charge in [-0.1, -0.05) is 30.3 Å². The first-order valence-electron chi connectivity index (χ1n) is 10.5. The highest BCUT2D eigenvalue weighted by Gasteiger charge is 2.19. The van der Waals surface area contributed by atoms with E-state index in [0.717, 1.165) is 64.6 Å². The summed E-state index contributed by atoms with van der Waals surface area (Å²) in [6.07, 6.45) is 3.39. The van der Waals surface area contributed by atoms with Gasteiger partial charge in [-0.15, -0.1) is 0 Å². The molecular weight excluding hydrogens is 350 g/mol. The van der Waals surface area contributed by atoms with E-state index < -0.39 is 0 Å². The Morgan fingerprint density at radius 3 is 2.64 bits per heavy atom. The molecule has 1 unspecified atom stereocenters. The number of hydrogen-bond acceptors (Lipinski definition) is 4. The summed E-state index contributed by atoms with van der Waals surface area (Å²) < 4.78 is 5.18. The molecule has 0 saturated carbocycles. The van der Waals surface area contributed by atoms with Crippen molar-refractivity contribution >= 4 is 5.96 Å². The third-order valence-corrected chi connectivity index (χ3v) is 5.65. The summed E-state index contributed by atoms with van der Waals surface area (Å²) in [4.78, 5) is 9.29. The normalized spacial score (nSPS) is 17.7. The zero-order valence-electron chi connectivity index (χ0n) is 18.2. The van der Waals surface area contributed by atoms with Crippen LogP contribution in [0.15, 0.2) is 35.3 Å². The highest BCUT2D eigenvalue weighted by molar-refractivity contribution is 5.79. The minimum absolute atomic E-state index is 0.503. The minimum Gasteiger partial charge on any atom is -0.383 e. The number of ether oxygens (including phenoxy) is 1. The Morgan fingerprint density at radius 2 is 2.00 bits per heavy atom. The van der Waals surface area contributed by atoms with Crippen LogP contribution in [0.5, 0.6) is 0 Å². The fourth-order valence-electron chi connectivity index (χ4n) is 3.56. The predicted molar refractivity (Wildman–Crippen MR) is 118 cm³/mol. The number of aliphatic imine (C=N–C) groups is 1. The Kier molecular flexibility index (Phi) is 10.3. The maximum atomic E-state index is 5.18. The number of likely N-dealkylation sites (tertiary alicyclic amines) is 1. The molecule has 1 aromatic carbocycles. The molecule has 1 saturated heterocycles. The van der Waals surface area contributed by atoms with Gasteiger partial charge in [-0.3, -0.25) is 9.89 Å². The standard InChI is InChI=1S/C22H39N5O/c1-19(26(3)18-20-8-6-5-7-9-20)10-13-24-22(23-2)25-21-11-14-27(15-12-21)16-17-28-4/h5-9,19,21H,10-18H2,1-4H3,(H2,23,24,25). The van der Waals surface area contributed by atoms with Gasteiger partial charge in [-0.05, 0) is 38.8 Å². The van der Waals surface area contributed by atoms with Gasteiger partial charge in [0.15, 0.2) is 5.96 Å². The Balaban J connectivity index is 1.64. The van der Waals surface area contributed by atoms with Gasteiger partial charge in [0.2, 0.25) is 0 Å². The quantitative estimate of drug-likeness (QED) is 0.474. The second kappa shape index (κ2) is 12.8. The van der Waals surface area contributed by atoms with Gasteiger partial charge < -0.3 is 20.3 Å². The van der Waals surface area contributed by atoms with E-state index in [-0.39, 0.29) is 0 Å². The van der Waals surface area contributed by atoms with Crippen molar-refractivity contribution in [3.8, 4) is 0 Å². The summed E-state index contributed by atoms with van der Waals surface area (Å²) in [7, 11) is 5.82. The van der Waals surface area contributed by atoms with E-state index in [0.29, 0.717) is 12.1 Å². The fraction of sp³-hybridized carbons (Fsp3) is 0.682. The molecule has 1 fully saturated rings. The van der Waals surface area contributed by atoms with Crippen LogP contribution in [0.4, 0.5) is 0 Å². The number of rotatable bonds is 10. The monoisotopic (exact) mass is 389 g/mol. The third-order valence-electron chi connectivity index (χ3n) is 5.65. The van der Waals surface area contributed by atoms with Gasteiger partial charge in [0.05, 0.1) is 6.61 Å². The van der Waals surface area contributed by atoms with Crippen molar-refractivity contribution in [2.45, 2.75) is 44.8 Å². The molecule has 1 atom stereocenters. The van der Waals surface area contributed by atoms with Crippen molar-refractivity contribution in [1.29, 1.82) is 0 Å². The number of nitrogens with one attached hydrogen (secondary N) is 2. The zero-order chi connectivity index (χ0) is 20.2. The molecule has 1 heterocycles. The number of methoxy groups -OCH3 is 1. The molecule has 0 amide bonds. The van der Waals surface area contributed by atoms with Gasteiger partial charge in [0, 0.05) is 59.0 Å². The lowest BCUT2D eigenvalue weighted by atomic mass is 10.1. The molecule has 0 spiro atoms. The van der Waals surface area contributed by atoms with Crippen LogP contribution in [-0.4, -0.2) is 81.8 Å². The van der Waals surface area contributed by atoms with Gasteiger partial charge in [0.25, 0.3) is 0 Å². The first-order chi connectivity index (χ1) is 13.6. The highest BCUT2D eigenvalue weighted by atomic mass is 16.5. The second-order valence-corrected chi connectivity index (χ2v) is 7.79. The smallest absolute Gasteiger partial charge is 0.191 e. The van der Waals surface area contributed by atoms with Crippen molar-refractivity contribution in [2.75, 3.05) is 54.0 Å². The minimum atomic E-state index is 0.503. The Bertz CT molecular complexity index is 557. The van der Waals surface area contributed by atoms with Crippen molar-refractivity contribution < 1.29 is 4.74 Å². The maximum Gasteiger partial charge on any atom is 0.191 e. The molecule has 0 radical (unpaired) electrons. The van der Waals surface area contributed by atoms with Gasteiger partial charge in [0.1, 0.15) is 0 Å². The molecule has 2 rings (SSSR count). The van der Waals surface area contributed by atoms with Gasteiger partial charge in [-0.25, -0.2) is 0 Å². The predicted octanol–water partition coefficient (Wildman–Crippen LogP) is 2.17. The summed E-state index contributed by atoms with van der Waals surface area (Å²) in [5.74, 6) is 0.924. The van der Waals surface area contributed by atoms with Crippen LogP contribution >= 0.6 is 0 Å². The van der Waals surface area contributed by atoms with Crippen molar-refractivity contribution in [1.82, 2.24) is 20.4 Å². The summed E-state index contributed by atoms with van der Waals surface area (Å²) >= 11 is 0. The zero-order valence-corrected chi connectivity index (χ0v) is 18.2. The number of piperidine rings is 1. The van der Waals surface area contributed by atoms with Crippen molar-refractivity contribution in [3.05, 3.63) is 35.9 Å². The lowest BCUT2D eigenvalue weighted by molar-refractivity contribution is 0.128. The highest BCUT2D eigenvalue weighted by Crippen LogP contribution is 2.10. The largest absolute Gasteiger partial charge is 0.383 e. The summed E-state index contributed by atoms with van der Waals surface area (Å²) in [6, 6.07) is 11.7. The summed E-state index contributed by atoms with van der Waals surface area (Å²) in [6.45, 7) is 8.29. The van der Waals surface area contributed by atoms with Gasteiger partial charge >= 0.3 is 0 Å². The second-order valence-electron chi connectivity index (χ2n) is 7.79. The molecule has 1 aliphatic rings. The van der Waals surface area contributed by atoms with Crippen LogP contribution < -0.4 is 10.6 Å². The van der Waals surface area contributed by atoms with Crippen LogP contribution in [-0.2, 0) is 11.3 Å². The average Bonchev–Trinajstić information content (AvgIpc) is 2.73. The topological polar surface area (TPSA) is 52.1 Å². The number of benzene rings is 1. The first kappa shape index (κ1) is 22.7. The molecule has 158 valence electrons. The Hall–Kier alpha value is -1.63. The third kappa shape index (κ3) is 8.17. The van der Waals surface area contributed by atoms with E-state index in [4.69, 9.17) is 4.74 Å². The molecule has 1 aromatic rings. The average molecular weight is 390 g/mol. The van der Waals surface area contributed by atoms with Crippen LogP contribution in [0.25, 0.3) is 0 Å². The van der Waals surface area contributed by atoms with E-state index in [1.54, 1.807) is 7.11 Å². The van der Waals surface area contributed by atoms with Gasteiger partial charge in [-0.2, -0.15) is 0 Å². The lowest BCUT2D eigenvalue weighted by Crippen LogP contribution is -2.49. The number of nitrogens with zero attached hydrogens (tertiary/aromatic N) is 3. The van der Waals surface area contributed by atoms with E-state index >= 15 is 0 Å². The van der Waals surface area contributed by atoms with E-state index in [1.165, 1.54) is 5.56 Å². The molecule has 28 heavy (non-hydrogen) atoms. The van der Waals surface area contributed by atoms with Crippen LogP contribution in [0, 0.1) is 0 Å². The lowest BCUT2D eigenvalue weighted by Gasteiger charge is -2.33. The SMILES string of the molecule is CN=C(NCCC(C)N(C)Cc1ccccc1)NC1CCN(CCOC)CC1. The Morgan fingerprint density at radius 1 is 1.29 bits per heavy atom. The number of guanidine groups is 1. The molecule has 6 heteroatoms. The van der Waals surface area contributed by atoms with Crippen molar-refractivity contribution in [2.24, 2.45) is 4.99 Å². The molecule has 0 bridgehead atoms. The first-order valence-corrected chi connectivity index (χ1v) is 10.5. The van der Waals surface area contributed by atoms with E-state index in [2.05, 4.69) is 69.7 Å². The molecule has 6 nitrogen and oxygen atoms in total. The summed E-state index contributed by atoms with van der Waals surface area (Å²) in [5.41, 5.74) is 1.36. The maximum absolute atomic E-state index is 5.18. The van der Waals surface area contributed by atoms with E-state index in [9.17, 15) is 0 Å². The van der Waals surface area contributed by atoms with Crippen LogP contribution in [0.1, 0.15) is 31.7 Å². The molecule has 1 aliphatic heterocycles. The molecule has 2 N–H and O–H groups in total. The number of hydrogen-bond donors (Lipinski definition) is 2. The summed E-state index contributed by atoms with van der Waals surface area (Å²) in [5, 5.41) is 7.08. The Labute approximate surface area is 171 Å². The molecular formula is C22H39N5O. The fourth-order valence-corrected chi connectivity index (χ4v) is 3.56. The molecule has 0 aromatic heterocycles. The molecule has 0 aliphatic carbocycles. The van der Waals surface area contributed by atoms with Crippen molar-refractivity contribution in [3.63, 3.8) is 0 Å². The van der Waals surface area contributed by atoms with Crippen LogP contribution in [0.2, 0.25) is 0 Å². The van der Waals surface area contributed by atoms with E-state index in [1.807, 2.05) is 7.05 Å².